The van der Waals surface area contributed by atoms with E-state index < -0.39 is 5.60 Å². The Morgan fingerprint density at radius 2 is 1.34 bits per heavy atom. The van der Waals surface area contributed by atoms with Gasteiger partial charge in [-0.15, -0.1) is 0 Å². The monoisotopic (exact) mass is 472 g/mol. The molecule has 0 aromatic heterocycles. The van der Waals surface area contributed by atoms with Gasteiger partial charge in [0.25, 0.3) is 0 Å². The minimum atomic E-state index is -0.747. The van der Waals surface area contributed by atoms with Gasteiger partial charge in [0, 0.05) is 5.41 Å². The minimum Gasteiger partial charge on any atom is -0.386 e. The molecule has 0 spiro atoms. The molecule has 0 amide bonds. The van der Waals surface area contributed by atoms with Gasteiger partial charge < -0.3 is 5.11 Å². The van der Waals surface area contributed by atoms with E-state index in [0.717, 1.165) is 35.1 Å². The molecule has 0 bridgehead atoms. The molecular weight excluding hydrogens is 431 g/mol. The summed E-state index contributed by atoms with van der Waals surface area (Å²) in [5.41, 5.74) is 6.81. The van der Waals surface area contributed by atoms with Crippen LogP contribution in [0.4, 0.5) is 4.39 Å². The summed E-state index contributed by atoms with van der Waals surface area (Å²) in [5.74, 6) is -0.133. The van der Waals surface area contributed by atoms with E-state index >= 15 is 0 Å². The van der Waals surface area contributed by atoms with Gasteiger partial charge in [-0.05, 0) is 84.0 Å². The minimum absolute atomic E-state index is 0.0869. The largest absolute Gasteiger partial charge is 0.386 e. The first-order chi connectivity index (χ1) is 16.8. The number of halogens is 1. The highest BCUT2D eigenvalue weighted by Crippen LogP contribution is 2.40. The maximum atomic E-state index is 14.3. The van der Waals surface area contributed by atoms with Crippen molar-refractivity contribution < 1.29 is 9.50 Å². The number of hydrogen-bond donors (Lipinski definition) is 1. The maximum Gasteiger partial charge on any atom is 0.127 e. The number of aliphatic hydroxyl groups is 1. The summed E-state index contributed by atoms with van der Waals surface area (Å²) in [6.45, 7) is 12.7. The van der Waals surface area contributed by atoms with Gasteiger partial charge in [-0.2, -0.15) is 0 Å². The Hall–Kier alpha value is -2.71. The molecule has 3 aromatic rings. The Kier molecular flexibility index (Phi) is 8.72. The van der Waals surface area contributed by atoms with Gasteiger partial charge in [0.1, 0.15) is 5.82 Å². The third-order valence-corrected chi connectivity index (χ3v) is 8.03. The average Bonchev–Trinajstić information content (AvgIpc) is 2.89. The smallest absolute Gasteiger partial charge is 0.127 e. The summed E-state index contributed by atoms with van der Waals surface area (Å²) in [5, 5.41) is 10.6. The van der Waals surface area contributed by atoms with E-state index in [1.165, 1.54) is 16.7 Å². The molecule has 0 saturated carbocycles. The van der Waals surface area contributed by atoms with E-state index in [1.54, 1.807) is 6.07 Å². The Balaban J connectivity index is 1.95. The van der Waals surface area contributed by atoms with Crippen LogP contribution < -0.4 is 0 Å². The maximum absolute atomic E-state index is 14.3. The number of hydrogen-bond acceptors (Lipinski definition) is 1. The average molecular weight is 473 g/mol. The molecule has 2 heteroatoms. The van der Waals surface area contributed by atoms with Crippen LogP contribution in [0.25, 0.3) is 17.2 Å². The van der Waals surface area contributed by atoms with E-state index in [0.29, 0.717) is 19.3 Å². The summed E-state index contributed by atoms with van der Waals surface area (Å²) < 4.78 is 14.3. The molecule has 0 aliphatic rings. The van der Waals surface area contributed by atoms with Crippen LogP contribution in [0.15, 0.2) is 66.7 Å². The quantitative estimate of drug-likeness (QED) is 0.312. The van der Waals surface area contributed by atoms with Crippen LogP contribution >= 0.6 is 0 Å². The first kappa shape index (κ1) is 26.9. The lowest BCUT2D eigenvalue weighted by Gasteiger charge is -2.34. The van der Waals surface area contributed by atoms with Crippen LogP contribution in [0.1, 0.15) is 88.1 Å². The Morgan fingerprint density at radius 1 is 0.743 bits per heavy atom. The van der Waals surface area contributed by atoms with E-state index in [4.69, 9.17) is 0 Å². The molecule has 0 fully saturated rings. The molecule has 3 rings (SSSR count). The van der Waals surface area contributed by atoms with E-state index in [1.807, 2.05) is 39.0 Å². The standard InChI is InChI=1S/C33H41FO/c1-7-25-12-13-28(23-31(25)34)27-15-17-29(18-16-27)33(10-4,11-5)30-19-14-26(24(6)22-30)20-21-32(35,8-2)9-3/h12-23,35H,7-11H2,1-6H3. The normalized spacial score (nSPS) is 12.5. The van der Waals surface area contributed by atoms with Gasteiger partial charge in [0.15, 0.2) is 0 Å². The third-order valence-electron chi connectivity index (χ3n) is 8.03. The molecule has 35 heavy (non-hydrogen) atoms. The zero-order chi connectivity index (χ0) is 25.6. The van der Waals surface area contributed by atoms with Crippen molar-refractivity contribution >= 4 is 6.08 Å². The summed E-state index contributed by atoms with van der Waals surface area (Å²) in [6, 6.07) is 20.9. The molecule has 1 N–H and O–H groups in total. The zero-order valence-electron chi connectivity index (χ0n) is 22.3. The van der Waals surface area contributed by atoms with Gasteiger partial charge in [0.2, 0.25) is 0 Å². The van der Waals surface area contributed by atoms with E-state index in [9.17, 15) is 9.50 Å². The van der Waals surface area contributed by atoms with Crippen molar-refractivity contribution in [2.45, 2.75) is 84.7 Å². The molecule has 0 aliphatic heterocycles. The topological polar surface area (TPSA) is 20.2 Å². The highest BCUT2D eigenvalue weighted by Gasteiger charge is 2.31. The Labute approximate surface area is 211 Å². The second-order valence-electron chi connectivity index (χ2n) is 9.74. The van der Waals surface area contributed by atoms with Gasteiger partial charge in [0.05, 0.1) is 5.60 Å². The highest BCUT2D eigenvalue weighted by molar-refractivity contribution is 5.65. The summed E-state index contributed by atoms with van der Waals surface area (Å²) in [7, 11) is 0. The molecule has 0 radical (unpaired) electrons. The predicted molar refractivity (Wildman–Crippen MR) is 148 cm³/mol. The molecular formula is C33H41FO. The lowest BCUT2D eigenvalue weighted by atomic mass is 9.70. The zero-order valence-corrected chi connectivity index (χ0v) is 22.3. The fourth-order valence-corrected chi connectivity index (χ4v) is 5.12. The molecule has 0 saturated heterocycles. The summed E-state index contributed by atoms with van der Waals surface area (Å²) in [6.07, 6.45) is 8.09. The molecule has 0 atom stereocenters. The Bertz CT molecular complexity index is 1150. The van der Waals surface area contributed by atoms with Crippen molar-refractivity contribution in [1.82, 2.24) is 0 Å². The SMILES string of the molecule is CCc1ccc(-c2ccc(C(CC)(CC)c3ccc(C=CC(O)(CC)CC)c(C)c3)cc2)cc1F. The fourth-order valence-electron chi connectivity index (χ4n) is 5.12. The molecule has 0 aliphatic carbocycles. The number of aryl methyl sites for hydroxylation is 2. The molecule has 3 aromatic carbocycles. The van der Waals surface area contributed by atoms with Crippen molar-refractivity contribution in [3.63, 3.8) is 0 Å². The second kappa shape index (κ2) is 11.4. The van der Waals surface area contributed by atoms with Gasteiger partial charge in [-0.25, -0.2) is 4.39 Å². The second-order valence-corrected chi connectivity index (χ2v) is 9.74. The summed E-state index contributed by atoms with van der Waals surface area (Å²) >= 11 is 0. The molecule has 0 heterocycles. The highest BCUT2D eigenvalue weighted by atomic mass is 19.1. The van der Waals surface area contributed by atoms with Crippen LogP contribution in [-0.2, 0) is 11.8 Å². The van der Waals surface area contributed by atoms with Crippen molar-refractivity contribution in [1.29, 1.82) is 0 Å². The fraction of sp³-hybridized carbons (Fsp3) is 0.394. The lowest BCUT2D eigenvalue weighted by Crippen LogP contribution is -2.26. The van der Waals surface area contributed by atoms with Gasteiger partial charge in [-0.3, -0.25) is 0 Å². The molecule has 1 nitrogen and oxygen atoms in total. The van der Waals surface area contributed by atoms with Crippen LogP contribution in [0.5, 0.6) is 0 Å². The van der Waals surface area contributed by atoms with Crippen molar-refractivity contribution in [3.05, 3.63) is 100 Å². The van der Waals surface area contributed by atoms with Crippen LogP contribution in [0.3, 0.4) is 0 Å². The van der Waals surface area contributed by atoms with Crippen molar-refractivity contribution in [2.75, 3.05) is 0 Å². The van der Waals surface area contributed by atoms with Crippen molar-refractivity contribution in [2.24, 2.45) is 0 Å². The Morgan fingerprint density at radius 3 is 1.86 bits per heavy atom. The third kappa shape index (κ3) is 5.59. The molecule has 0 unspecified atom stereocenters. The van der Waals surface area contributed by atoms with Gasteiger partial charge in [-0.1, -0.05) is 101 Å². The van der Waals surface area contributed by atoms with E-state index in [2.05, 4.69) is 69.3 Å². The first-order valence-corrected chi connectivity index (χ1v) is 13.2. The first-order valence-electron chi connectivity index (χ1n) is 13.2. The lowest BCUT2D eigenvalue weighted by molar-refractivity contribution is 0.0836. The van der Waals surface area contributed by atoms with Crippen LogP contribution in [0.2, 0.25) is 0 Å². The predicted octanol–water partition coefficient (Wildman–Crippen LogP) is 9.03. The molecule has 186 valence electrons. The summed E-state index contributed by atoms with van der Waals surface area (Å²) in [4.78, 5) is 0. The van der Waals surface area contributed by atoms with Gasteiger partial charge >= 0.3 is 0 Å². The van der Waals surface area contributed by atoms with Crippen molar-refractivity contribution in [3.8, 4) is 11.1 Å². The number of rotatable bonds is 10. The van der Waals surface area contributed by atoms with Crippen LogP contribution in [-0.4, -0.2) is 10.7 Å². The number of benzene rings is 3. The van der Waals surface area contributed by atoms with E-state index in [-0.39, 0.29) is 11.2 Å². The van der Waals surface area contributed by atoms with Crippen LogP contribution in [0, 0.1) is 12.7 Å².